The molecule has 4 heterocycles. The van der Waals surface area contributed by atoms with E-state index in [9.17, 15) is 4.79 Å². The third-order valence-corrected chi connectivity index (χ3v) is 7.74. The molecule has 5 rings (SSSR count). The first kappa shape index (κ1) is 25.9. The molecular formula is C31H38N6O. The van der Waals surface area contributed by atoms with E-state index in [1.54, 1.807) is 6.07 Å². The van der Waals surface area contributed by atoms with Gasteiger partial charge in [0.25, 0.3) is 0 Å². The largest absolute Gasteiger partial charge is 0.398 e. The van der Waals surface area contributed by atoms with E-state index < -0.39 is 0 Å². The first-order valence-corrected chi connectivity index (χ1v) is 14.0. The zero-order chi connectivity index (χ0) is 26.3. The molecule has 3 N–H and O–H groups in total. The Morgan fingerprint density at radius 3 is 2.37 bits per heavy atom. The summed E-state index contributed by atoms with van der Waals surface area (Å²) in [5.41, 5.74) is 11.4. The molecule has 0 radical (unpaired) electrons. The van der Waals surface area contributed by atoms with Gasteiger partial charge in [0, 0.05) is 61.8 Å². The Morgan fingerprint density at radius 1 is 0.842 bits per heavy atom. The number of rotatable bonds is 10. The van der Waals surface area contributed by atoms with Crippen LogP contribution >= 0.6 is 0 Å². The van der Waals surface area contributed by atoms with Gasteiger partial charge in [-0.05, 0) is 86.8 Å². The number of piperidine rings is 1. The van der Waals surface area contributed by atoms with E-state index in [-0.39, 0.29) is 11.5 Å². The van der Waals surface area contributed by atoms with Crippen LogP contribution in [0.1, 0.15) is 62.5 Å². The van der Waals surface area contributed by atoms with Crippen molar-refractivity contribution in [3.8, 4) is 11.1 Å². The number of nitrogens with two attached hydrogens (primary N) is 1. The molecule has 2 aliphatic rings. The number of hydrogen-bond acceptors (Lipinski definition) is 7. The maximum absolute atomic E-state index is 12.9. The minimum absolute atomic E-state index is 0.0128. The molecule has 0 amide bonds. The molecule has 2 fully saturated rings. The van der Waals surface area contributed by atoms with E-state index in [0.29, 0.717) is 17.7 Å². The van der Waals surface area contributed by atoms with E-state index in [0.717, 1.165) is 68.1 Å². The summed E-state index contributed by atoms with van der Waals surface area (Å²) in [7, 11) is 0. The molecule has 0 unspecified atom stereocenters. The molecule has 3 aromatic rings. The summed E-state index contributed by atoms with van der Waals surface area (Å²) in [6.45, 7) is 4.29. The number of anilines is 3. The molecule has 7 nitrogen and oxygen atoms in total. The maximum atomic E-state index is 12.9. The molecule has 2 saturated heterocycles. The Hall–Kier alpha value is -3.74. The monoisotopic (exact) mass is 510 g/mol. The fourth-order valence-electron chi connectivity index (χ4n) is 5.45. The summed E-state index contributed by atoms with van der Waals surface area (Å²) in [4.78, 5) is 26.7. The first-order chi connectivity index (χ1) is 18.6. The predicted octanol–water partition coefficient (Wildman–Crippen LogP) is 5.67. The fourth-order valence-corrected chi connectivity index (χ4v) is 5.45. The molecule has 7 heteroatoms. The lowest BCUT2D eigenvalue weighted by molar-refractivity contribution is -0.113. The van der Waals surface area contributed by atoms with Crippen LogP contribution in [0.3, 0.4) is 0 Å². The van der Waals surface area contributed by atoms with Gasteiger partial charge in [-0.3, -0.25) is 15.2 Å². The minimum Gasteiger partial charge on any atom is -0.398 e. The van der Waals surface area contributed by atoms with Gasteiger partial charge in [0.15, 0.2) is 5.78 Å². The van der Waals surface area contributed by atoms with Crippen LogP contribution in [-0.2, 0) is 11.2 Å². The third-order valence-electron chi connectivity index (χ3n) is 7.74. The van der Waals surface area contributed by atoms with Crippen molar-refractivity contribution in [1.29, 1.82) is 5.41 Å². The van der Waals surface area contributed by atoms with Crippen LogP contribution in [0.4, 0.5) is 17.2 Å². The lowest BCUT2D eigenvalue weighted by Gasteiger charge is -2.28. The molecular weight excluding hydrogens is 472 g/mol. The zero-order valence-electron chi connectivity index (χ0n) is 22.2. The number of aryl methyl sites for hydroxylation is 1. The van der Waals surface area contributed by atoms with Crippen LogP contribution in [0, 0.1) is 5.41 Å². The van der Waals surface area contributed by atoms with E-state index in [1.807, 2.05) is 30.7 Å². The first-order valence-electron chi connectivity index (χ1n) is 14.0. The number of benzene rings is 1. The van der Waals surface area contributed by atoms with Crippen molar-refractivity contribution in [3.05, 3.63) is 66.1 Å². The molecule has 0 aliphatic carbocycles. The number of carbonyl (C=O) groups excluding carboxylic acids is 1. The van der Waals surface area contributed by atoms with Gasteiger partial charge in [-0.1, -0.05) is 12.1 Å². The zero-order valence-corrected chi connectivity index (χ0v) is 22.2. The van der Waals surface area contributed by atoms with E-state index >= 15 is 0 Å². The van der Waals surface area contributed by atoms with Gasteiger partial charge in [-0.15, -0.1) is 0 Å². The van der Waals surface area contributed by atoms with Gasteiger partial charge < -0.3 is 15.5 Å². The maximum Gasteiger partial charge on any atom is 0.181 e. The summed E-state index contributed by atoms with van der Waals surface area (Å²) in [5, 5.41) is 8.58. The highest BCUT2D eigenvalue weighted by atomic mass is 16.1. The summed E-state index contributed by atoms with van der Waals surface area (Å²) in [6.07, 6.45) is 14.7. The van der Waals surface area contributed by atoms with Gasteiger partial charge in [0.05, 0.1) is 11.9 Å². The van der Waals surface area contributed by atoms with Crippen molar-refractivity contribution in [3.63, 3.8) is 0 Å². The Bertz CT molecular complexity index is 1260. The Balaban J connectivity index is 1.16. The highest BCUT2D eigenvalue weighted by molar-refractivity contribution is 6.46. The number of nitrogens with one attached hydrogen (secondary N) is 1. The van der Waals surface area contributed by atoms with Crippen LogP contribution in [-0.4, -0.2) is 47.6 Å². The van der Waals surface area contributed by atoms with E-state index in [4.69, 9.17) is 11.1 Å². The van der Waals surface area contributed by atoms with Crippen molar-refractivity contribution < 1.29 is 4.79 Å². The van der Waals surface area contributed by atoms with Gasteiger partial charge in [-0.2, -0.15) is 0 Å². The molecule has 0 saturated carbocycles. The van der Waals surface area contributed by atoms with Crippen molar-refractivity contribution in [2.45, 2.75) is 57.8 Å². The van der Waals surface area contributed by atoms with E-state index in [1.165, 1.54) is 37.7 Å². The second kappa shape index (κ2) is 12.2. The molecule has 2 aliphatic heterocycles. The average Bonchev–Trinajstić information content (AvgIpc) is 3.51. The second-order valence-corrected chi connectivity index (χ2v) is 10.5. The lowest BCUT2D eigenvalue weighted by Crippen LogP contribution is -2.29. The van der Waals surface area contributed by atoms with Crippen LogP contribution < -0.4 is 15.5 Å². The van der Waals surface area contributed by atoms with Gasteiger partial charge >= 0.3 is 0 Å². The SMILES string of the molecule is N=C(C(=O)CCCCc1ccc(N2CCCC2)nc1)c1cc(-c2cncc(N3CCCCC3)c2)ccc1N. The number of unbranched alkanes of at least 4 members (excludes halogenated alkanes) is 1. The second-order valence-electron chi connectivity index (χ2n) is 10.5. The lowest BCUT2D eigenvalue weighted by atomic mass is 9.96. The smallest absolute Gasteiger partial charge is 0.181 e. The summed E-state index contributed by atoms with van der Waals surface area (Å²) in [5.74, 6) is 0.889. The van der Waals surface area contributed by atoms with Crippen molar-refractivity contribution in [2.24, 2.45) is 0 Å². The quantitative estimate of drug-likeness (QED) is 0.207. The number of aromatic nitrogens is 2. The Morgan fingerprint density at radius 2 is 1.61 bits per heavy atom. The molecule has 0 bridgehead atoms. The van der Waals surface area contributed by atoms with Crippen LogP contribution in [0.5, 0.6) is 0 Å². The Kier molecular flexibility index (Phi) is 8.31. The van der Waals surface area contributed by atoms with Gasteiger partial charge in [-0.25, -0.2) is 4.98 Å². The van der Waals surface area contributed by atoms with Gasteiger partial charge in [0.1, 0.15) is 11.5 Å². The number of Topliss-reactive ketones (excluding diaryl/α,β-unsaturated/α-hetero) is 1. The number of carbonyl (C=O) groups is 1. The van der Waals surface area contributed by atoms with Gasteiger partial charge in [0.2, 0.25) is 0 Å². The summed E-state index contributed by atoms with van der Waals surface area (Å²) < 4.78 is 0. The van der Waals surface area contributed by atoms with Crippen LogP contribution in [0.15, 0.2) is 55.0 Å². The summed E-state index contributed by atoms with van der Waals surface area (Å²) in [6, 6.07) is 12.0. The normalized spacial score (nSPS) is 15.6. The van der Waals surface area contributed by atoms with Crippen molar-refractivity contribution in [2.75, 3.05) is 41.7 Å². The standard InChI is InChI=1S/C31H38N6O/c32-28-12-11-24(25-18-26(22-34-21-25)36-14-4-1-5-15-36)19-27(28)31(33)29(38)9-3-2-8-23-10-13-30(35-20-23)37-16-6-7-17-37/h10-13,18-22,33H,1-9,14-17,32H2. The van der Waals surface area contributed by atoms with Crippen LogP contribution in [0.25, 0.3) is 11.1 Å². The summed E-state index contributed by atoms with van der Waals surface area (Å²) >= 11 is 0. The molecule has 38 heavy (non-hydrogen) atoms. The van der Waals surface area contributed by atoms with Crippen molar-refractivity contribution >= 4 is 28.7 Å². The predicted molar refractivity (Wildman–Crippen MR) is 155 cm³/mol. The highest BCUT2D eigenvalue weighted by Crippen LogP contribution is 2.28. The number of hydrogen-bond donors (Lipinski definition) is 2. The number of nitrogen functional groups attached to an aromatic ring is 1. The molecule has 0 spiro atoms. The average molecular weight is 511 g/mol. The van der Waals surface area contributed by atoms with Crippen molar-refractivity contribution in [1.82, 2.24) is 9.97 Å². The number of pyridine rings is 2. The molecule has 0 atom stereocenters. The minimum atomic E-state index is -0.170. The fraction of sp³-hybridized carbons (Fsp3) is 0.419. The highest BCUT2D eigenvalue weighted by Gasteiger charge is 2.17. The third kappa shape index (κ3) is 6.21. The number of ketones is 1. The molecule has 1 aromatic carbocycles. The topological polar surface area (TPSA) is 99.2 Å². The number of nitrogens with zero attached hydrogens (tertiary/aromatic N) is 4. The Labute approximate surface area is 225 Å². The molecule has 198 valence electrons. The van der Waals surface area contributed by atoms with Crippen LogP contribution in [0.2, 0.25) is 0 Å². The molecule has 2 aromatic heterocycles. The van der Waals surface area contributed by atoms with E-state index in [2.05, 4.69) is 38.0 Å².